The molecule has 0 spiro atoms. The minimum Gasteiger partial charge on any atom is -0.461 e. The van der Waals surface area contributed by atoms with Crippen molar-refractivity contribution in [3.8, 4) is 0 Å². The van der Waals surface area contributed by atoms with Gasteiger partial charge < -0.3 is 13.8 Å². The van der Waals surface area contributed by atoms with E-state index < -0.39 is 24.4 Å². The Bertz CT molecular complexity index is 747. The Balaban J connectivity index is 2.29. The summed E-state index contributed by atoms with van der Waals surface area (Å²) >= 11 is 0. The normalized spacial score (nSPS) is 12.3. The average molecular weight is 350 g/mol. The summed E-state index contributed by atoms with van der Waals surface area (Å²) in [6.45, 7) is 10.7. The van der Waals surface area contributed by atoms with E-state index in [2.05, 4.69) is 15.1 Å². The van der Waals surface area contributed by atoms with Crippen molar-refractivity contribution in [1.29, 1.82) is 0 Å². The first-order chi connectivity index (χ1) is 11.5. The zero-order valence-corrected chi connectivity index (χ0v) is 15.2. The van der Waals surface area contributed by atoms with E-state index in [0.29, 0.717) is 11.0 Å². The minimum atomic E-state index is -1.11. The number of hydrogen-bond donors (Lipinski definition) is 2. The molecule has 2 aromatic rings. The number of furan rings is 1. The van der Waals surface area contributed by atoms with Crippen LogP contribution < -0.4 is 11.0 Å². The van der Waals surface area contributed by atoms with Crippen LogP contribution in [0.2, 0.25) is 0 Å². The van der Waals surface area contributed by atoms with Gasteiger partial charge in [-0.15, -0.1) is 0 Å². The van der Waals surface area contributed by atoms with Crippen molar-refractivity contribution in [2.24, 2.45) is 0 Å². The number of aromatic nitrogens is 1. The summed E-state index contributed by atoms with van der Waals surface area (Å²) in [5.74, 6) is 0.199. The van der Waals surface area contributed by atoms with Crippen LogP contribution in [-0.4, -0.2) is 34.7 Å². The van der Waals surface area contributed by atoms with Crippen LogP contribution in [0.15, 0.2) is 22.7 Å². The Morgan fingerprint density at radius 3 is 2.48 bits per heavy atom. The molecule has 2 heterocycles. The molecule has 2 N–H and O–H groups in total. The molecule has 0 saturated heterocycles. The smallest absolute Gasteiger partial charge is 0.461 e. The van der Waals surface area contributed by atoms with Crippen molar-refractivity contribution < 1.29 is 28.7 Å². The Hall–Kier alpha value is -2.10. The second-order valence-electron chi connectivity index (χ2n) is 7.52. The number of nitrogens with one attached hydrogen (secondary N) is 1. The van der Waals surface area contributed by atoms with Crippen molar-refractivity contribution in [2.75, 3.05) is 5.32 Å². The van der Waals surface area contributed by atoms with Crippen LogP contribution in [0.4, 0.5) is 10.6 Å². The van der Waals surface area contributed by atoms with Crippen molar-refractivity contribution in [2.45, 2.75) is 52.7 Å². The van der Waals surface area contributed by atoms with Gasteiger partial charge in [-0.2, -0.15) is 0 Å². The van der Waals surface area contributed by atoms with Crippen LogP contribution in [0.1, 0.15) is 41.5 Å². The molecule has 0 aliphatic rings. The van der Waals surface area contributed by atoms with Gasteiger partial charge in [0.1, 0.15) is 11.3 Å². The number of nitrogens with zero attached hydrogens (tertiary/aromatic N) is 1. The van der Waals surface area contributed by atoms with E-state index in [-0.39, 0.29) is 11.5 Å². The van der Waals surface area contributed by atoms with Gasteiger partial charge in [0.05, 0.1) is 0 Å². The lowest BCUT2D eigenvalue weighted by Crippen LogP contribution is -2.41. The van der Waals surface area contributed by atoms with E-state index in [1.807, 2.05) is 20.8 Å². The Kier molecular flexibility index (Phi) is 5.41. The number of rotatable bonds is 4. The van der Waals surface area contributed by atoms with Gasteiger partial charge in [-0.25, -0.2) is 9.78 Å². The largest absolute Gasteiger partial charge is 0.561 e. The molecule has 9 heteroatoms. The highest BCUT2D eigenvalue weighted by Crippen LogP contribution is 2.23. The Morgan fingerprint density at radius 2 is 1.92 bits per heavy atom. The average Bonchev–Trinajstić information content (AvgIpc) is 2.86. The minimum absolute atomic E-state index is 0.199. The third kappa shape index (κ3) is 5.45. The van der Waals surface area contributed by atoms with Crippen molar-refractivity contribution in [3.63, 3.8) is 0 Å². The molecule has 8 nitrogen and oxygen atoms in total. The van der Waals surface area contributed by atoms with Gasteiger partial charge in [0.25, 0.3) is 0 Å². The first-order valence-electron chi connectivity index (χ1n) is 7.85. The summed E-state index contributed by atoms with van der Waals surface area (Å²) in [6.07, 6.45) is 0.875. The van der Waals surface area contributed by atoms with E-state index in [1.165, 1.54) is 6.20 Å². The molecule has 0 saturated carbocycles. The van der Waals surface area contributed by atoms with Crippen LogP contribution >= 0.6 is 0 Å². The summed E-state index contributed by atoms with van der Waals surface area (Å²) < 4.78 is 16.5. The predicted molar refractivity (Wildman–Crippen MR) is 93.8 cm³/mol. The standard InChI is InChI=1S/C16H23BN2O6/c1-15(2,3)23-14(20)19-13-12-10(7-8-18-13)9-11(22-12)17(25-21)24-16(4,5)6/h7-9,21H,1-6H3,(H,18,19,20). The molecule has 0 unspecified atom stereocenters. The molecular formula is C16H23BN2O6. The highest BCUT2D eigenvalue weighted by Gasteiger charge is 2.32. The van der Waals surface area contributed by atoms with Crippen LogP contribution in [0.3, 0.4) is 0 Å². The van der Waals surface area contributed by atoms with Gasteiger partial charge in [0, 0.05) is 17.2 Å². The lowest BCUT2D eigenvalue weighted by Gasteiger charge is -2.22. The van der Waals surface area contributed by atoms with Gasteiger partial charge in [-0.05, 0) is 53.7 Å². The zero-order valence-electron chi connectivity index (χ0n) is 15.2. The summed E-state index contributed by atoms with van der Waals surface area (Å²) in [4.78, 5) is 20.4. The highest BCUT2D eigenvalue weighted by molar-refractivity contribution is 6.60. The van der Waals surface area contributed by atoms with Crippen LogP contribution in [0.5, 0.6) is 0 Å². The zero-order chi connectivity index (χ0) is 18.8. The molecule has 0 aliphatic carbocycles. The fourth-order valence-corrected chi connectivity index (χ4v) is 2.04. The van der Waals surface area contributed by atoms with Gasteiger partial charge in [0.2, 0.25) is 0 Å². The Morgan fingerprint density at radius 1 is 1.24 bits per heavy atom. The predicted octanol–water partition coefficient (Wildman–Crippen LogP) is 3.17. The number of ether oxygens (including phenoxy) is 1. The third-order valence-electron chi connectivity index (χ3n) is 2.86. The number of amides is 1. The highest BCUT2D eigenvalue weighted by atomic mass is 17.1. The van der Waals surface area contributed by atoms with Crippen molar-refractivity contribution in [3.05, 3.63) is 18.3 Å². The number of carbonyl (C=O) groups is 1. The molecule has 2 rings (SSSR count). The molecule has 0 aromatic carbocycles. The van der Waals surface area contributed by atoms with E-state index in [1.54, 1.807) is 32.9 Å². The summed E-state index contributed by atoms with van der Waals surface area (Å²) in [6, 6.07) is 3.35. The second kappa shape index (κ2) is 7.03. The van der Waals surface area contributed by atoms with Gasteiger partial charge >= 0.3 is 13.2 Å². The quantitative estimate of drug-likeness (QED) is 0.496. The SMILES string of the molecule is CC(C)(C)OB(OO)c1cc2ccnc(NC(=O)OC(C)(C)C)c2o1. The van der Waals surface area contributed by atoms with Crippen LogP contribution in [0.25, 0.3) is 11.0 Å². The molecule has 25 heavy (non-hydrogen) atoms. The number of hydrogen-bond acceptors (Lipinski definition) is 7. The monoisotopic (exact) mass is 350 g/mol. The first-order valence-corrected chi connectivity index (χ1v) is 7.85. The number of pyridine rings is 1. The van der Waals surface area contributed by atoms with E-state index in [0.717, 1.165) is 0 Å². The molecule has 0 atom stereocenters. The maximum atomic E-state index is 12.0. The summed E-state index contributed by atoms with van der Waals surface area (Å²) in [5, 5.41) is 12.3. The topological polar surface area (TPSA) is 103 Å². The van der Waals surface area contributed by atoms with Gasteiger partial charge in [-0.1, -0.05) is 0 Å². The second-order valence-corrected chi connectivity index (χ2v) is 7.52. The van der Waals surface area contributed by atoms with Gasteiger partial charge in [-0.3, -0.25) is 15.4 Å². The molecule has 0 bridgehead atoms. The fraction of sp³-hybridized carbons (Fsp3) is 0.500. The van der Waals surface area contributed by atoms with Crippen molar-refractivity contribution in [1.82, 2.24) is 4.98 Å². The van der Waals surface area contributed by atoms with E-state index in [9.17, 15) is 4.79 Å². The number of fused-ring (bicyclic) bond motifs is 1. The molecule has 1 amide bonds. The number of anilines is 1. The van der Waals surface area contributed by atoms with Crippen LogP contribution in [-0.2, 0) is 14.2 Å². The first kappa shape index (κ1) is 19.2. The number of carbonyl (C=O) groups excluding carboxylic acids is 1. The van der Waals surface area contributed by atoms with Gasteiger partial charge in [0.15, 0.2) is 11.4 Å². The lowest BCUT2D eigenvalue weighted by molar-refractivity contribution is -0.165. The lowest BCUT2D eigenvalue weighted by atomic mass is 9.85. The molecule has 136 valence electrons. The summed E-state index contributed by atoms with van der Waals surface area (Å²) in [5.41, 5.74) is -0.638. The van der Waals surface area contributed by atoms with E-state index >= 15 is 0 Å². The molecule has 0 aliphatic heterocycles. The fourth-order valence-electron chi connectivity index (χ4n) is 2.04. The Labute approximate surface area is 146 Å². The maximum absolute atomic E-state index is 12.0. The summed E-state index contributed by atoms with van der Waals surface area (Å²) in [7, 11) is -1.11. The van der Waals surface area contributed by atoms with Crippen LogP contribution in [0, 0.1) is 0 Å². The molecule has 0 fully saturated rings. The molecular weight excluding hydrogens is 327 g/mol. The molecule has 0 radical (unpaired) electrons. The van der Waals surface area contributed by atoms with Crippen molar-refractivity contribution >= 4 is 35.7 Å². The third-order valence-corrected chi connectivity index (χ3v) is 2.86. The van der Waals surface area contributed by atoms with E-state index in [4.69, 9.17) is 19.1 Å². The molecule has 2 aromatic heterocycles. The maximum Gasteiger partial charge on any atom is 0.561 e.